The number of rotatable bonds is 3. The average Bonchev–Trinajstić information content (AvgIpc) is 2.09. The molecule has 0 radical (unpaired) electrons. The van der Waals surface area contributed by atoms with E-state index in [0.717, 1.165) is 11.3 Å². The first-order chi connectivity index (χ1) is 5.72. The molecule has 5 N–H and O–H groups in total. The van der Waals surface area contributed by atoms with E-state index in [0.29, 0.717) is 13.0 Å². The Hall–Kier alpha value is -1.06. The zero-order valence-electron chi connectivity index (χ0n) is 6.90. The monoisotopic (exact) mass is 166 g/mol. The first kappa shape index (κ1) is 9.03. The van der Waals surface area contributed by atoms with E-state index in [4.69, 9.17) is 11.5 Å². The smallest absolute Gasteiger partial charge is 0.0702 e. The molecule has 1 aromatic carbocycles. The van der Waals surface area contributed by atoms with E-state index in [9.17, 15) is 5.11 Å². The van der Waals surface area contributed by atoms with E-state index in [2.05, 4.69) is 0 Å². The van der Waals surface area contributed by atoms with Gasteiger partial charge in [0.05, 0.1) is 6.10 Å². The summed E-state index contributed by atoms with van der Waals surface area (Å²) < 4.78 is 0. The zero-order chi connectivity index (χ0) is 8.97. The molecule has 66 valence electrons. The molecule has 0 fully saturated rings. The first-order valence-electron chi connectivity index (χ1n) is 3.95. The summed E-state index contributed by atoms with van der Waals surface area (Å²) in [7, 11) is 0. The number of nitrogens with two attached hydrogens (primary N) is 2. The van der Waals surface area contributed by atoms with Crippen LogP contribution >= 0.6 is 0 Å². The van der Waals surface area contributed by atoms with Gasteiger partial charge in [0.1, 0.15) is 0 Å². The normalized spacial score (nSPS) is 12.8. The lowest BCUT2D eigenvalue weighted by Gasteiger charge is -2.06. The molecule has 1 unspecified atom stereocenters. The Morgan fingerprint density at radius 1 is 1.25 bits per heavy atom. The van der Waals surface area contributed by atoms with Crippen LogP contribution in [-0.4, -0.2) is 17.8 Å². The van der Waals surface area contributed by atoms with E-state index in [1.807, 2.05) is 24.3 Å². The first-order valence-corrected chi connectivity index (χ1v) is 3.95. The molecule has 0 bridgehead atoms. The van der Waals surface area contributed by atoms with Crippen molar-refractivity contribution < 1.29 is 5.11 Å². The maximum absolute atomic E-state index is 9.22. The molecule has 3 heteroatoms. The Kier molecular flexibility index (Phi) is 3.08. The molecule has 0 saturated carbocycles. The van der Waals surface area contributed by atoms with Gasteiger partial charge in [0.25, 0.3) is 0 Å². The topological polar surface area (TPSA) is 72.3 Å². The average molecular weight is 166 g/mol. The third-order valence-corrected chi connectivity index (χ3v) is 1.72. The second-order valence-corrected chi connectivity index (χ2v) is 2.84. The van der Waals surface area contributed by atoms with Crippen LogP contribution in [0.5, 0.6) is 0 Å². The summed E-state index contributed by atoms with van der Waals surface area (Å²) in [6.45, 7) is 0.296. The molecular weight excluding hydrogens is 152 g/mol. The van der Waals surface area contributed by atoms with Crippen LogP contribution in [0.1, 0.15) is 5.56 Å². The lowest BCUT2D eigenvalue weighted by atomic mass is 10.1. The van der Waals surface area contributed by atoms with Crippen molar-refractivity contribution in [2.24, 2.45) is 5.73 Å². The SMILES string of the molecule is NCC(O)Cc1ccc(N)cc1. The van der Waals surface area contributed by atoms with Gasteiger partial charge in [-0.1, -0.05) is 12.1 Å². The van der Waals surface area contributed by atoms with Crippen molar-refractivity contribution in [3.8, 4) is 0 Å². The molecule has 1 atom stereocenters. The summed E-state index contributed by atoms with van der Waals surface area (Å²) in [5.41, 5.74) is 12.6. The zero-order valence-corrected chi connectivity index (χ0v) is 6.90. The molecule has 0 amide bonds. The van der Waals surface area contributed by atoms with E-state index < -0.39 is 6.10 Å². The molecule has 0 aromatic heterocycles. The highest BCUT2D eigenvalue weighted by molar-refractivity contribution is 5.39. The highest BCUT2D eigenvalue weighted by atomic mass is 16.3. The fourth-order valence-corrected chi connectivity index (χ4v) is 1.01. The van der Waals surface area contributed by atoms with Crippen molar-refractivity contribution in [3.63, 3.8) is 0 Å². The Morgan fingerprint density at radius 3 is 2.33 bits per heavy atom. The van der Waals surface area contributed by atoms with Crippen LogP contribution in [-0.2, 0) is 6.42 Å². The van der Waals surface area contributed by atoms with Gasteiger partial charge >= 0.3 is 0 Å². The quantitative estimate of drug-likeness (QED) is 0.559. The molecule has 0 aliphatic carbocycles. The summed E-state index contributed by atoms with van der Waals surface area (Å²) in [4.78, 5) is 0. The summed E-state index contributed by atoms with van der Waals surface area (Å²) in [6, 6.07) is 7.43. The highest BCUT2D eigenvalue weighted by Gasteiger charge is 2.01. The minimum Gasteiger partial charge on any atom is -0.399 e. The Bertz CT molecular complexity index is 233. The predicted octanol–water partition coefficient (Wildman–Crippen LogP) is 0.131. The molecule has 0 saturated heterocycles. The Labute approximate surface area is 72.0 Å². The lowest BCUT2D eigenvalue weighted by molar-refractivity contribution is 0.183. The predicted molar refractivity (Wildman–Crippen MR) is 49.6 cm³/mol. The van der Waals surface area contributed by atoms with Gasteiger partial charge in [-0.3, -0.25) is 0 Å². The number of anilines is 1. The molecule has 0 spiro atoms. The van der Waals surface area contributed by atoms with E-state index in [-0.39, 0.29) is 0 Å². The number of aliphatic hydroxyl groups is 1. The largest absolute Gasteiger partial charge is 0.399 e. The Morgan fingerprint density at radius 2 is 1.83 bits per heavy atom. The molecule has 0 heterocycles. The third kappa shape index (κ3) is 2.53. The molecule has 0 aliphatic heterocycles. The van der Waals surface area contributed by atoms with Gasteiger partial charge in [-0.2, -0.15) is 0 Å². The van der Waals surface area contributed by atoms with Crippen molar-refractivity contribution in [1.82, 2.24) is 0 Å². The summed E-state index contributed by atoms with van der Waals surface area (Å²) >= 11 is 0. The van der Waals surface area contributed by atoms with Gasteiger partial charge in [-0.15, -0.1) is 0 Å². The number of nitrogen functional groups attached to an aromatic ring is 1. The molecule has 1 rings (SSSR count). The second kappa shape index (κ2) is 4.09. The lowest BCUT2D eigenvalue weighted by Crippen LogP contribution is -2.21. The van der Waals surface area contributed by atoms with Gasteiger partial charge in [-0.05, 0) is 24.1 Å². The number of hydrogen-bond acceptors (Lipinski definition) is 3. The van der Waals surface area contributed by atoms with E-state index in [1.165, 1.54) is 0 Å². The van der Waals surface area contributed by atoms with Crippen LogP contribution < -0.4 is 11.5 Å². The van der Waals surface area contributed by atoms with Crippen LogP contribution in [0.15, 0.2) is 24.3 Å². The van der Waals surface area contributed by atoms with E-state index >= 15 is 0 Å². The van der Waals surface area contributed by atoms with Crippen molar-refractivity contribution in [1.29, 1.82) is 0 Å². The van der Waals surface area contributed by atoms with Gasteiger partial charge in [0.2, 0.25) is 0 Å². The van der Waals surface area contributed by atoms with Crippen molar-refractivity contribution in [3.05, 3.63) is 29.8 Å². The van der Waals surface area contributed by atoms with Gasteiger partial charge < -0.3 is 16.6 Å². The third-order valence-electron chi connectivity index (χ3n) is 1.72. The fourth-order valence-electron chi connectivity index (χ4n) is 1.01. The number of benzene rings is 1. The number of hydrogen-bond donors (Lipinski definition) is 3. The highest BCUT2D eigenvalue weighted by Crippen LogP contribution is 2.07. The molecule has 3 nitrogen and oxygen atoms in total. The van der Waals surface area contributed by atoms with Crippen LogP contribution in [0, 0.1) is 0 Å². The van der Waals surface area contributed by atoms with Crippen LogP contribution in [0.4, 0.5) is 5.69 Å². The summed E-state index contributed by atoms with van der Waals surface area (Å²) in [5.74, 6) is 0. The molecular formula is C9H14N2O. The second-order valence-electron chi connectivity index (χ2n) is 2.84. The minimum absolute atomic E-state index is 0.296. The maximum Gasteiger partial charge on any atom is 0.0702 e. The van der Waals surface area contributed by atoms with Gasteiger partial charge in [0.15, 0.2) is 0 Å². The summed E-state index contributed by atoms with van der Waals surface area (Å²) in [5, 5.41) is 9.22. The standard InChI is InChI=1S/C9H14N2O/c10-6-9(12)5-7-1-3-8(11)4-2-7/h1-4,9,12H,5-6,10-11H2. The van der Waals surface area contributed by atoms with Crippen molar-refractivity contribution >= 4 is 5.69 Å². The van der Waals surface area contributed by atoms with Crippen LogP contribution in [0.2, 0.25) is 0 Å². The molecule has 0 aliphatic rings. The molecule has 12 heavy (non-hydrogen) atoms. The maximum atomic E-state index is 9.22. The number of aliphatic hydroxyl groups excluding tert-OH is 1. The van der Waals surface area contributed by atoms with E-state index in [1.54, 1.807) is 0 Å². The Balaban J connectivity index is 2.58. The fraction of sp³-hybridized carbons (Fsp3) is 0.333. The summed E-state index contributed by atoms with van der Waals surface area (Å²) in [6.07, 6.45) is 0.144. The van der Waals surface area contributed by atoms with Crippen molar-refractivity contribution in [2.75, 3.05) is 12.3 Å². The van der Waals surface area contributed by atoms with Gasteiger partial charge in [-0.25, -0.2) is 0 Å². The minimum atomic E-state index is -0.450. The molecule has 1 aromatic rings. The van der Waals surface area contributed by atoms with Crippen LogP contribution in [0.3, 0.4) is 0 Å². The van der Waals surface area contributed by atoms with Crippen LogP contribution in [0.25, 0.3) is 0 Å². The van der Waals surface area contributed by atoms with Gasteiger partial charge in [0, 0.05) is 12.2 Å². The van der Waals surface area contributed by atoms with Crippen molar-refractivity contribution in [2.45, 2.75) is 12.5 Å².